The Bertz CT molecular complexity index is 1000. The number of halogens is 1. The van der Waals surface area contributed by atoms with Gasteiger partial charge >= 0.3 is 0 Å². The van der Waals surface area contributed by atoms with Crippen LogP contribution in [0.5, 0.6) is 0 Å². The molecular formula is C22H25ClN6O. The summed E-state index contributed by atoms with van der Waals surface area (Å²) in [6.45, 7) is 1.73. The van der Waals surface area contributed by atoms with Crippen molar-refractivity contribution in [3.63, 3.8) is 0 Å². The lowest BCUT2D eigenvalue weighted by Gasteiger charge is -2.33. The van der Waals surface area contributed by atoms with E-state index in [4.69, 9.17) is 16.6 Å². The molecule has 156 valence electrons. The summed E-state index contributed by atoms with van der Waals surface area (Å²) >= 11 is 6.08. The van der Waals surface area contributed by atoms with Crippen molar-refractivity contribution in [1.29, 1.82) is 0 Å². The van der Waals surface area contributed by atoms with Crippen LogP contribution < -0.4 is 4.90 Å². The standard InChI is InChI=1S/C22H25ClN6O/c1-27(2)22-25-12-19(16-5-7-18(23)8-6-16)21(26-22)17-4-3-10-29(13-17)20(30)14-28-11-9-24-15-28/h5-9,11-12,15,17H,3-4,10,13-14H2,1-2H3/t17-/m1/s1. The molecule has 3 aromatic rings. The predicted molar refractivity (Wildman–Crippen MR) is 118 cm³/mol. The average Bonchev–Trinajstić information content (AvgIpc) is 3.27. The molecule has 0 spiro atoms. The molecule has 2 aromatic heterocycles. The Hall–Kier alpha value is -2.93. The molecule has 1 aliphatic heterocycles. The maximum absolute atomic E-state index is 12.8. The van der Waals surface area contributed by atoms with E-state index < -0.39 is 0 Å². The van der Waals surface area contributed by atoms with E-state index >= 15 is 0 Å². The minimum absolute atomic E-state index is 0.104. The fraction of sp³-hybridized carbons (Fsp3) is 0.364. The van der Waals surface area contributed by atoms with Gasteiger partial charge in [-0.3, -0.25) is 4.79 Å². The number of anilines is 1. The maximum Gasteiger partial charge on any atom is 0.242 e. The smallest absolute Gasteiger partial charge is 0.242 e. The lowest BCUT2D eigenvalue weighted by Crippen LogP contribution is -2.41. The second kappa shape index (κ2) is 8.83. The number of benzene rings is 1. The molecule has 7 nitrogen and oxygen atoms in total. The Morgan fingerprint density at radius 2 is 2.07 bits per heavy atom. The zero-order valence-electron chi connectivity index (χ0n) is 17.2. The number of carbonyl (C=O) groups is 1. The van der Waals surface area contributed by atoms with E-state index in [9.17, 15) is 4.79 Å². The van der Waals surface area contributed by atoms with Crippen molar-refractivity contribution >= 4 is 23.5 Å². The monoisotopic (exact) mass is 424 g/mol. The molecule has 0 radical (unpaired) electrons. The number of rotatable bonds is 5. The summed E-state index contributed by atoms with van der Waals surface area (Å²) < 4.78 is 1.81. The molecule has 4 rings (SSSR count). The Morgan fingerprint density at radius 3 is 2.77 bits per heavy atom. The van der Waals surface area contributed by atoms with Crippen LogP contribution in [0.4, 0.5) is 5.95 Å². The third kappa shape index (κ3) is 4.46. The summed E-state index contributed by atoms with van der Waals surface area (Å²) in [6.07, 6.45) is 8.99. The van der Waals surface area contributed by atoms with Gasteiger partial charge in [0.1, 0.15) is 6.54 Å². The normalized spacial score (nSPS) is 16.5. The SMILES string of the molecule is CN(C)c1ncc(-c2ccc(Cl)cc2)c([C@@H]2CCCN(C(=O)Cn3ccnc3)C2)n1. The summed E-state index contributed by atoms with van der Waals surface area (Å²) in [5.74, 6) is 0.926. The molecule has 1 fully saturated rings. The van der Waals surface area contributed by atoms with Crippen LogP contribution in [-0.2, 0) is 11.3 Å². The van der Waals surface area contributed by atoms with E-state index in [0.29, 0.717) is 24.1 Å². The first kappa shape index (κ1) is 20.3. The minimum atomic E-state index is 0.104. The molecule has 1 aromatic carbocycles. The second-order valence-electron chi connectivity index (χ2n) is 7.78. The van der Waals surface area contributed by atoms with Gasteiger partial charge in [-0.2, -0.15) is 0 Å². The van der Waals surface area contributed by atoms with Gasteiger partial charge in [0.05, 0.1) is 12.0 Å². The number of likely N-dealkylation sites (tertiary alicyclic amines) is 1. The lowest BCUT2D eigenvalue weighted by molar-refractivity contribution is -0.133. The first-order valence-electron chi connectivity index (χ1n) is 10.0. The van der Waals surface area contributed by atoms with Crippen LogP contribution in [-0.4, -0.2) is 57.5 Å². The number of carbonyl (C=O) groups excluding carboxylic acids is 1. The Kier molecular flexibility index (Phi) is 5.99. The molecule has 0 bridgehead atoms. The highest BCUT2D eigenvalue weighted by molar-refractivity contribution is 6.30. The van der Waals surface area contributed by atoms with Gasteiger partial charge in [-0.05, 0) is 30.5 Å². The van der Waals surface area contributed by atoms with Crippen LogP contribution >= 0.6 is 11.6 Å². The first-order chi connectivity index (χ1) is 14.5. The number of hydrogen-bond donors (Lipinski definition) is 0. The number of hydrogen-bond acceptors (Lipinski definition) is 5. The molecule has 30 heavy (non-hydrogen) atoms. The second-order valence-corrected chi connectivity index (χ2v) is 8.22. The zero-order valence-corrected chi connectivity index (χ0v) is 18.0. The van der Waals surface area contributed by atoms with Crippen LogP contribution in [0.25, 0.3) is 11.1 Å². The molecule has 0 saturated carbocycles. The lowest BCUT2D eigenvalue weighted by atomic mass is 9.90. The minimum Gasteiger partial charge on any atom is -0.347 e. The Labute approximate surface area is 181 Å². The predicted octanol–water partition coefficient (Wildman–Crippen LogP) is 3.47. The molecule has 0 unspecified atom stereocenters. The van der Waals surface area contributed by atoms with Crippen molar-refractivity contribution in [3.05, 3.63) is 59.9 Å². The number of imidazole rings is 1. The highest BCUT2D eigenvalue weighted by Gasteiger charge is 2.28. The van der Waals surface area contributed by atoms with Gasteiger partial charge in [0.25, 0.3) is 0 Å². The van der Waals surface area contributed by atoms with Crippen molar-refractivity contribution in [1.82, 2.24) is 24.4 Å². The van der Waals surface area contributed by atoms with Gasteiger partial charge in [-0.15, -0.1) is 0 Å². The molecule has 3 heterocycles. The highest BCUT2D eigenvalue weighted by atomic mass is 35.5. The van der Waals surface area contributed by atoms with Crippen molar-refractivity contribution in [2.24, 2.45) is 0 Å². The molecule has 1 amide bonds. The van der Waals surface area contributed by atoms with Gasteiger partial charge in [0.15, 0.2) is 0 Å². The molecule has 1 aliphatic rings. The largest absolute Gasteiger partial charge is 0.347 e. The third-order valence-electron chi connectivity index (χ3n) is 5.40. The molecule has 1 atom stereocenters. The van der Waals surface area contributed by atoms with E-state index in [1.165, 1.54) is 0 Å². The maximum atomic E-state index is 12.8. The average molecular weight is 425 g/mol. The fourth-order valence-corrected chi connectivity index (χ4v) is 3.95. The summed E-state index contributed by atoms with van der Waals surface area (Å²) in [5, 5.41) is 0.695. The van der Waals surface area contributed by atoms with E-state index in [1.807, 2.05) is 60.6 Å². The van der Waals surface area contributed by atoms with Crippen molar-refractivity contribution < 1.29 is 4.79 Å². The Morgan fingerprint density at radius 1 is 1.27 bits per heavy atom. The van der Waals surface area contributed by atoms with Crippen LogP contribution in [0.2, 0.25) is 5.02 Å². The number of piperidine rings is 1. The number of amides is 1. The van der Waals surface area contributed by atoms with Crippen molar-refractivity contribution in [3.8, 4) is 11.1 Å². The zero-order chi connectivity index (χ0) is 21.1. The molecule has 0 N–H and O–H groups in total. The summed E-state index contributed by atoms with van der Waals surface area (Å²) in [6, 6.07) is 7.74. The van der Waals surface area contributed by atoms with Crippen molar-refractivity contribution in [2.75, 3.05) is 32.1 Å². The molecule has 0 aliphatic carbocycles. The molecule has 1 saturated heterocycles. The van der Waals surface area contributed by atoms with Crippen molar-refractivity contribution in [2.45, 2.75) is 25.3 Å². The van der Waals surface area contributed by atoms with Crippen LogP contribution in [0.3, 0.4) is 0 Å². The quantitative estimate of drug-likeness (QED) is 0.627. The van der Waals surface area contributed by atoms with Crippen LogP contribution in [0.1, 0.15) is 24.5 Å². The number of nitrogens with zero attached hydrogens (tertiary/aromatic N) is 6. The van der Waals surface area contributed by atoms with Gasteiger partial charge in [0, 0.05) is 62.3 Å². The Balaban J connectivity index is 1.63. The van der Waals surface area contributed by atoms with E-state index in [2.05, 4.69) is 9.97 Å². The first-order valence-corrected chi connectivity index (χ1v) is 10.4. The van der Waals surface area contributed by atoms with E-state index in [0.717, 1.165) is 36.2 Å². The molecular weight excluding hydrogens is 400 g/mol. The van der Waals surface area contributed by atoms with E-state index in [1.54, 1.807) is 17.1 Å². The van der Waals surface area contributed by atoms with E-state index in [-0.39, 0.29) is 11.8 Å². The van der Waals surface area contributed by atoms with Gasteiger partial charge in [-0.1, -0.05) is 23.7 Å². The van der Waals surface area contributed by atoms with Gasteiger partial charge in [-0.25, -0.2) is 15.0 Å². The highest BCUT2D eigenvalue weighted by Crippen LogP contribution is 2.34. The van der Waals surface area contributed by atoms with Crippen LogP contribution in [0.15, 0.2) is 49.2 Å². The molecule has 8 heteroatoms. The third-order valence-corrected chi connectivity index (χ3v) is 5.65. The topological polar surface area (TPSA) is 67.2 Å². The number of aromatic nitrogens is 4. The summed E-state index contributed by atoms with van der Waals surface area (Å²) in [7, 11) is 3.87. The summed E-state index contributed by atoms with van der Waals surface area (Å²) in [5.41, 5.74) is 3.00. The van der Waals surface area contributed by atoms with Gasteiger partial charge in [0.2, 0.25) is 11.9 Å². The van der Waals surface area contributed by atoms with Crippen LogP contribution in [0, 0.1) is 0 Å². The fourth-order valence-electron chi connectivity index (χ4n) is 3.83. The van der Waals surface area contributed by atoms with Gasteiger partial charge < -0.3 is 14.4 Å². The summed E-state index contributed by atoms with van der Waals surface area (Å²) in [4.78, 5) is 30.1.